The molecular formula is C23H32N2O4S. The third-order valence-corrected chi connectivity index (χ3v) is 6.57. The molecule has 0 saturated carbocycles. The molecule has 2 atom stereocenters. The van der Waals surface area contributed by atoms with Crippen molar-refractivity contribution < 1.29 is 17.9 Å². The van der Waals surface area contributed by atoms with E-state index in [1.165, 1.54) is 7.05 Å². The molecule has 1 N–H and O–H groups in total. The maximum absolute atomic E-state index is 13.2. The van der Waals surface area contributed by atoms with Gasteiger partial charge in [-0.25, -0.2) is 8.42 Å². The number of carbonyl (C=O) groups is 1. The van der Waals surface area contributed by atoms with Gasteiger partial charge in [0.2, 0.25) is 15.9 Å². The number of ether oxygens (including phenoxy) is 1. The van der Waals surface area contributed by atoms with Crippen LogP contribution in [0.25, 0.3) is 0 Å². The second-order valence-electron chi connectivity index (χ2n) is 7.93. The first-order chi connectivity index (χ1) is 14.0. The summed E-state index contributed by atoms with van der Waals surface area (Å²) in [6.45, 7) is 8.06. The molecule has 0 spiro atoms. The van der Waals surface area contributed by atoms with Crippen LogP contribution in [0.2, 0.25) is 0 Å². The summed E-state index contributed by atoms with van der Waals surface area (Å²) >= 11 is 0. The normalized spacial score (nSPS) is 13.9. The highest BCUT2D eigenvalue weighted by Gasteiger charge is 2.31. The number of hydrogen-bond donors (Lipinski definition) is 1. The Bertz CT molecular complexity index is 988. The molecule has 2 aromatic carbocycles. The molecule has 1 amide bonds. The smallest absolute Gasteiger partial charge is 0.243 e. The van der Waals surface area contributed by atoms with Gasteiger partial charge >= 0.3 is 0 Å². The van der Waals surface area contributed by atoms with E-state index in [-0.39, 0.29) is 17.9 Å². The minimum absolute atomic E-state index is 0.260. The highest BCUT2D eigenvalue weighted by atomic mass is 32.2. The molecular weight excluding hydrogens is 400 g/mol. The fourth-order valence-corrected chi connectivity index (χ4v) is 4.13. The van der Waals surface area contributed by atoms with Gasteiger partial charge in [0, 0.05) is 7.05 Å². The van der Waals surface area contributed by atoms with E-state index < -0.39 is 16.1 Å². The van der Waals surface area contributed by atoms with Gasteiger partial charge in [-0.2, -0.15) is 4.31 Å². The van der Waals surface area contributed by atoms with Crippen molar-refractivity contribution in [3.8, 4) is 5.75 Å². The number of rotatable bonds is 8. The molecule has 0 aliphatic rings. The molecule has 0 aliphatic heterocycles. The Morgan fingerprint density at radius 3 is 2.17 bits per heavy atom. The summed E-state index contributed by atoms with van der Waals surface area (Å²) in [6.07, 6.45) is 1.10. The summed E-state index contributed by atoms with van der Waals surface area (Å²) in [7, 11) is -0.502. The Morgan fingerprint density at radius 1 is 1.07 bits per heavy atom. The molecule has 0 bridgehead atoms. The fourth-order valence-electron chi connectivity index (χ4n) is 3.53. The zero-order chi connectivity index (χ0) is 22.6. The average Bonchev–Trinajstić information content (AvgIpc) is 2.67. The number of nitrogens with zero attached hydrogens (tertiary/aromatic N) is 1. The second kappa shape index (κ2) is 9.62. The van der Waals surface area contributed by atoms with Crippen LogP contribution < -0.4 is 10.1 Å². The van der Waals surface area contributed by atoms with Crippen LogP contribution in [0.15, 0.2) is 42.5 Å². The van der Waals surface area contributed by atoms with E-state index in [1.54, 1.807) is 31.4 Å². The number of hydrogen-bond acceptors (Lipinski definition) is 4. The predicted molar refractivity (Wildman–Crippen MR) is 120 cm³/mol. The van der Waals surface area contributed by atoms with Crippen LogP contribution in [-0.2, 0) is 14.8 Å². The van der Waals surface area contributed by atoms with E-state index in [0.29, 0.717) is 5.56 Å². The highest BCUT2D eigenvalue weighted by molar-refractivity contribution is 7.88. The van der Waals surface area contributed by atoms with Crippen LogP contribution in [0.1, 0.15) is 61.0 Å². The Balaban J connectivity index is 2.39. The third kappa shape index (κ3) is 5.40. The van der Waals surface area contributed by atoms with Crippen molar-refractivity contribution in [2.24, 2.45) is 0 Å². The van der Waals surface area contributed by atoms with Gasteiger partial charge < -0.3 is 10.1 Å². The first kappa shape index (κ1) is 23.9. The van der Waals surface area contributed by atoms with E-state index in [1.807, 2.05) is 26.0 Å². The number of aryl methyl sites for hydroxylation is 1. The predicted octanol–water partition coefficient (Wildman–Crippen LogP) is 3.94. The topological polar surface area (TPSA) is 75.7 Å². The number of likely N-dealkylation sites (N-methyl/N-ethyl adjacent to an activating group) is 1. The summed E-state index contributed by atoms with van der Waals surface area (Å²) in [4.78, 5) is 13.2. The Labute approximate surface area is 180 Å². The zero-order valence-electron chi connectivity index (χ0n) is 18.8. The average molecular weight is 433 g/mol. The molecule has 0 unspecified atom stereocenters. The lowest BCUT2D eigenvalue weighted by Gasteiger charge is -2.28. The molecule has 0 fully saturated rings. The van der Waals surface area contributed by atoms with Gasteiger partial charge in [-0.3, -0.25) is 4.79 Å². The molecule has 6 nitrogen and oxygen atoms in total. The van der Waals surface area contributed by atoms with E-state index in [9.17, 15) is 13.2 Å². The molecule has 164 valence electrons. The molecule has 0 radical (unpaired) electrons. The SMILES string of the molecule is COc1cc(C)c([C@H](C)NC(=O)[C@H](c2ccccc2)N(C)S(C)(=O)=O)cc1C(C)C. The van der Waals surface area contributed by atoms with Crippen molar-refractivity contribution in [3.05, 3.63) is 64.7 Å². The van der Waals surface area contributed by atoms with Crippen molar-refractivity contribution in [3.63, 3.8) is 0 Å². The lowest BCUT2D eigenvalue weighted by atomic mass is 9.93. The van der Waals surface area contributed by atoms with E-state index in [0.717, 1.165) is 33.0 Å². The minimum Gasteiger partial charge on any atom is -0.496 e. The number of amides is 1. The van der Waals surface area contributed by atoms with Crippen LogP contribution in [0.4, 0.5) is 0 Å². The van der Waals surface area contributed by atoms with E-state index in [4.69, 9.17) is 4.74 Å². The first-order valence-corrected chi connectivity index (χ1v) is 11.8. The quantitative estimate of drug-likeness (QED) is 0.686. The van der Waals surface area contributed by atoms with Crippen LogP contribution in [0.5, 0.6) is 5.75 Å². The summed E-state index contributed by atoms with van der Waals surface area (Å²) in [6, 6.07) is 11.7. The fraction of sp³-hybridized carbons (Fsp3) is 0.435. The van der Waals surface area contributed by atoms with Gasteiger partial charge in [-0.1, -0.05) is 44.2 Å². The third-order valence-electron chi connectivity index (χ3n) is 5.32. The molecule has 7 heteroatoms. The standard InChI is InChI=1S/C23H32N2O4S/c1-15(2)19-14-20(16(3)13-21(19)29-6)17(4)24-23(26)22(25(5)30(7,27)28)18-11-9-8-10-12-18/h8-15,17,22H,1-7H3,(H,24,26)/t17-,22-/m0/s1. The molecule has 0 aromatic heterocycles. The number of nitrogens with one attached hydrogen (secondary N) is 1. The van der Waals surface area contributed by atoms with E-state index >= 15 is 0 Å². The van der Waals surface area contributed by atoms with Gasteiger partial charge in [0.25, 0.3) is 0 Å². The van der Waals surface area contributed by atoms with Gasteiger partial charge in [0.1, 0.15) is 11.8 Å². The summed E-state index contributed by atoms with van der Waals surface area (Å²) in [5.74, 6) is 0.710. The Morgan fingerprint density at radius 2 is 1.67 bits per heavy atom. The summed E-state index contributed by atoms with van der Waals surface area (Å²) in [5.41, 5.74) is 3.65. The maximum Gasteiger partial charge on any atom is 0.243 e. The lowest BCUT2D eigenvalue weighted by Crippen LogP contribution is -2.42. The molecule has 2 rings (SSSR count). The number of carbonyl (C=O) groups excluding carboxylic acids is 1. The maximum atomic E-state index is 13.2. The van der Waals surface area contributed by atoms with Crippen molar-refractivity contribution in [1.82, 2.24) is 9.62 Å². The largest absolute Gasteiger partial charge is 0.496 e. The highest BCUT2D eigenvalue weighted by Crippen LogP contribution is 2.32. The van der Waals surface area contributed by atoms with Crippen molar-refractivity contribution in [2.75, 3.05) is 20.4 Å². The lowest BCUT2D eigenvalue weighted by molar-refractivity contribution is -0.125. The van der Waals surface area contributed by atoms with Gasteiger partial charge in [0.15, 0.2) is 0 Å². The molecule has 2 aromatic rings. The zero-order valence-corrected chi connectivity index (χ0v) is 19.6. The summed E-state index contributed by atoms with van der Waals surface area (Å²) in [5, 5.41) is 3.01. The van der Waals surface area contributed by atoms with Crippen LogP contribution >= 0.6 is 0 Å². The van der Waals surface area contributed by atoms with E-state index in [2.05, 4.69) is 25.2 Å². The molecule has 30 heavy (non-hydrogen) atoms. The number of benzene rings is 2. The van der Waals surface area contributed by atoms with Gasteiger partial charge in [-0.05, 0) is 54.2 Å². The van der Waals surface area contributed by atoms with Gasteiger partial charge in [0.05, 0.1) is 19.4 Å². The van der Waals surface area contributed by atoms with Crippen molar-refractivity contribution >= 4 is 15.9 Å². The molecule has 0 heterocycles. The minimum atomic E-state index is -3.57. The van der Waals surface area contributed by atoms with Crippen LogP contribution in [-0.4, -0.2) is 39.0 Å². The van der Waals surface area contributed by atoms with Crippen molar-refractivity contribution in [1.29, 1.82) is 0 Å². The van der Waals surface area contributed by atoms with Gasteiger partial charge in [-0.15, -0.1) is 0 Å². The monoisotopic (exact) mass is 432 g/mol. The summed E-state index contributed by atoms with van der Waals surface area (Å²) < 4.78 is 31.0. The number of sulfonamides is 1. The Hall–Kier alpha value is -2.38. The molecule has 0 aliphatic carbocycles. The number of methoxy groups -OCH3 is 1. The van der Waals surface area contributed by atoms with Crippen molar-refractivity contribution in [2.45, 2.75) is 45.7 Å². The van der Waals surface area contributed by atoms with Crippen LogP contribution in [0, 0.1) is 6.92 Å². The molecule has 0 saturated heterocycles. The second-order valence-corrected chi connectivity index (χ2v) is 9.97. The Kier molecular flexibility index (Phi) is 7.66. The van der Waals surface area contributed by atoms with Crippen LogP contribution in [0.3, 0.4) is 0 Å². The first-order valence-electron chi connectivity index (χ1n) is 9.94.